The first-order chi connectivity index (χ1) is 15.9. The van der Waals surface area contributed by atoms with Crippen LogP contribution in [0.4, 0.5) is 9.18 Å². The summed E-state index contributed by atoms with van der Waals surface area (Å²) in [5.41, 5.74) is -0.574. The molecule has 1 unspecified atom stereocenters. The highest BCUT2D eigenvalue weighted by Crippen LogP contribution is 2.37. The minimum Gasteiger partial charge on any atom is -0.383 e. The average molecular weight is 494 g/mol. The van der Waals surface area contributed by atoms with E-state index in [-0.39, 0.29) is 37.3 Å². The van der Waals surface area contributed by atoms with Gasteiger partial charge < -0.3 is 15.0 Å². The zero-order valence-corrected chi connectivity index (χ0v) is 19.8. The maximum Gasteiger partial charge on any atom is 0.325 e. The molecule has 2 fully saturated rings. The van der Waals surface area contributed by atoms with Gasteiger partial charge in [-0.2, -0.15) is 0 Å². The Bertz CT molecular complexity index is 1060. The van der Waals surface area contributed by atoms with Crippen molar-refractivity contribution in [1.82, 2.24) is 15.1 Å². The van der Waals surface area contributed by atoms with Crippen molar-refractivity contribution in [3.05, 3.63) is 57.0 Å². The predicted octanol–water partition coefficient (Wildman–Crippen LogP) is 3.57. The molecular weight excluding hydrogens is 469 g/mol. The third kappa shape index (κ3) is 4.62. The molecule has 1 aromatic carbocycles. The minimum atomic E-state index is -1.20. The molecule has 7 nitrogen and oxygen atoms in total. The molecule has 3 heterocycles. The van der Waals surface area contributed by atoms with Gasteiger partial charge in [-0.25, -0.2) is 9.18 Å². The lowest BCUT2D eigenvalue weighted by molar-refractivity contribution is -0.134. The zero-order valence-electron chi connectivity index (χ0n) is 18.2. The third-order valence-corrected chi connectivity index (χ3v) is 7.71. The van der Waals surface area contributed by atoms with Gasteiger partial charge in [-0.3, -0.25) is 14.5 Å². The number of nitrogens with zero attached hydrogens (tertiary/aromatic N) is 2. The Hall–Kier alpha value is -2.49. The van der Waals surface area contributed by atoms with E-state index in [1.165, 1.54) is 35.5 Å². The van der Waals surface area contributed by atoms with Crippen molar-refractivity contribution in [2.24, 2.45) is 5.92 Å². The van der Waals surface area contributed by atoms with Gasteiger partial charge in [0, 0.05) is 26.6 Å². The van der Waals surface area contributed by atoms with Crippen LogP contribution in [0, 0.1) is 11.7 Å². The molecule has 1 aromatic heterocycles. The van der Waals surface area contributed by atoms with Crippen LogP contribution < -0.4 is 5.32 Å². The summed E-state index contributed by atoms with van der Waals surface area (Å²) in [5.74, 6) is -1.08. The lowest BCUT2D eigenvalue weighted by Crippen LogP contribution is -2.58. The van der Waals surface area contributed by atoms with Crippen LogP contribution in [0.2, 0.25) is 5.02 Å². The van der Waals surface area contributed by atoms with E-state index in [9.17, 15) is 18.8 Å². The number of likely N-dealkylation sites (tertiary alicyclic amines) is 1. The molecule has 2 aliphatic heterocycles. The first kappa shape index (κ1) is 23.7. The summed E-state index contributed by atoms with van der Waals surface area (Å²) in [6.07, 6.45) is 1.22. The summed E-state index contributed by atoms with van der Waals surface area (Å²) in [7, 11) is 1.50. The SMILES string of the molecule is COCCN1C(=O)NC(Cc2cccc(F)c2)(C2CCN(C(=O)c3sccc3Cl)CC2)C1=O. The number of hydrogen-bond acceptors (Lipinski definition) is 5. The van der Waals surface area contributed by atoms with Gasteiger partial charge in [-0.1, -0.05) is 23.7 Å². The van der Waals surface area contributed by atoms with Crippen molar-refractivity contribution < 1.29 is 23.5 Å². The number of amides is 4. The Morgan fingerprint density at radius 2 is 2.06 bits per heavy atom. The van der Waals surface area contributed by atoms with E-state index in [1.807, 2.05) is 0 Å². The fourth-order valence-corrected chi connectivity index (χ4v) is 5.81. The second-order valence-corrected chi connectivity index (χ2v) is 9.65. The number of urea groups is 1. The van der Waals surface area contributed by atoms with Crippen LogP contribution in [-0.4, -0.2) is 66.5 Å². The Morgan fingerprint density at radius 1 is 1.30 bits per heavy atom. The van der Waals surface area contributed by atoms with Gasteiger partial charge in [0.2, 0.25) is 0 Å². The summed E-state index contributed by atoms with van der Waals surface area (Å²) >= 11 is 7.43. The van der Waals surface area contributed by atoms with Crippen molar-refractivity contribution in [3.8, 4) is 0 Å². The van der Waals surface area contributed by atoms with Crippen LogP contribution in [-0.2, 0) is 16.0 Å². The fraction of sp³-hybridized carbons (Fsp3) is 0.435. The number of hydrogen-bond donors (Lipinski definition) is 1. The maximum atomic E-state index is 13.9. The minimum absolute atomic E-state index is 0.129. The number of methoxy groups -OCH3 is 1. The van der Waals surface area contributed by atoms with Crippen LogP contribution in [0.5, 0.6) is 0 Å². The van der Waals surface area contributed by atoms with E-state index in [4.69, 9.17) is 16.3 Å². The van der Waals surface area contributed by atoms with Crippen molar-refractivity contribution in [2.75, 3.05) is 33.4 Å². The van der Waals surface area contributed by atoms with Crippen LogP contribution in [0.1, 0.15) is 28.1 Å². The molecule has 1 N–H and O–H groups in total. The number of imide groups is 1. The normalized spacial score (nSPS) is 21.5. The molecule has 0 saturated carbocycles. The highest BCUT2D eigenvalue weighted by Gasteiger charge is 2.56. The number of benzene rings is 1. The lowest BCUT2D eigenvalue weighted by atomic mass is 9.74. The first-order valence-corrected chi connectivity index (χ1v) is 12.0. The molecule has 10 heteroatoms. The van der Waals surface area contributed by atoms with E-state index in [1.54, 1.807) is 28.5 Å². The fourth-order valence-electron chi connectivity index (χ4n) is 4.71. The van der Waals surface area contributed by atoms with Crippen LogP contribution in [0.3, 0.4) is 0 Å². The molecule has 4 amide bonds. The van der Waals surface area contributed by atoms with Gasteiger partial charge in [0.15, 0.2) is 0 Å². The monoisotopic (exact) mass is 493 g/mol. The molecule has 2 saturated heterocycles. The van der Waals surface area contributed by atoms with Gasteiger partial charge in [-0.05, 0) is 47.9 Å². The van der Waals surface area contributed by atoms with Crippen LogP contribution >= 0.6 is 22.9 Å². The third-order valence-electron chi connectivity index (χ3n) is 6.38. The quantitative estimate of drug-likeness (QED) is 0.598. The second kappa shape index (κ2) is 9.79. The van der Waals surface area contributed by atoms with E-state index in [0.29, 0.717) is 41.4 Å². The van der Waals surface area contributed by atoms with Gasteiger partial charge in [-0.15, -0.1) is 11.3 Å². The second-order valence-electron chi connectivity index (χ2n) is 8.32. The lowest BCUT2D eigenvalue weighted by Gasteiger charge is -2.41. The number of carbonyl (C=O) groups is 3. The van der Waals surface area contributed by atoms with E-state index in [2.05, 4.69) is 5.32 Å². The summed E-state index contributed by atoms with van der Waals surface area (Å²) in [4.78, 5) is 42.6. The molecule has 0 bridgehead atoms. The van der Waals surface area contributed by atoms with Gasteiger partial charge in [0.05, 0.1) is 18.2 Å². The van der Waals surface area contributed by atoms with Crippen molar-refractivity contribution in [1.29, 1.82) is 0 Å². The number of ether oxygens (including phenoxy) is 1. The first-order valence-electron chi connectivity index (χ1n) is 10.8. The van der Waals surface area contributed by atoms with Gasteiger partial charge >= 0.3 is 6.03 Å². The maximum absolute atomic E-state index is 13.9. The molecule has 1 atom stereocenters. The molecule has 0 aliphatic carbocycles. The van der Waals surface area contributed by atoms with E-state index >= 15 is 0 Å². The summed E-state index contributed by atoms with van der Waals surface area (Å²) in [6.45, 7) is 1.23. The average Bonchev–Trinajstić information content (AvgIpc) is 3.33. The highest BCUT2D eigenvalue weighted by molar-refractivity contribution is 7.12. The topological polar surface area (TPSA) is 79.0 Å². The zero-order chi connectivity index (χ0) is 23.6. The highest BCUT2D eigenvalue weighted by atomic mass is 35.5. The van der Waals surface area contributed by atoms with Crippen molar-refractivity contribution in [2.45, 2.75) is 24.8 Å². The molecule has 0 radical (unpaired) electrons. The van der Waals surface area contributed by atoms with E-state index < -0.39 is 17.4 Å². The molecular formula is C23H25ClFN3O4S. The summed E-state index contributed by atoms with van der Waals surface area (Å²) < 4.78 is 18.9. The molecule has 33 heavy (non-hydrogen) atoms. The smallest absolute Gasteiger partial charge is 0.325 e. The molecule has 0 spiro atoms. The molecule has 176 valence electrons. The molecule has 4 rings (SSSR count). The summed E-state index contributed by atoms with van der Waals surface area (Å²) in [5, 5.41) is 5.14. The number of carbonyl (C=O) groups excluding carboxylic acids is 3. The predicted molar refractivity (Wildman–Crippen MR) is 123 cm³/mol. The molecule has 2 aliphatic rings. The Balaban J connectivity index is 1.57. The van der Waals surface area contributed by atoms with Gasteiger partial charge in [0.25, 0.3) is 11.8 Å². The Labute approximate surface area is 200 Å². The van der Waals surface area contributed by atoms with Crippen LogP contribution in [0.15, 0.2) is 35.7 Å². The number of piperidine rings is 1. The Morgan fingerprint density at radius 3 is 2.70 bits per heavy atom. The summed E-state index contributed by atoms with van der Waals surface area (Å²) in [6, 6.07) is 7.29. The van der Waals surface area contributed by atoms with Gasteiger partial charge in [0.1, 0.15) is 16.2 Å². The van der Waals surface area contributed by atoms with Crippen molar-refractivity contribution >= 4 is 40.8 Å². The van der Waals surface area contributed by atoms with E-state index in [0.717, 1.165) is 0 Å². The standard InChI is InChI=1S/C23H25ClFN3O4S/c1-32-11-10-28-21(30)23(26-22(28)31,14-15-3-2-4-17(25)13-15)16-5-8-27(9-6-16)20(29)19-18(24)7-12-33-19/h2-4,7,12-13,16H,5-6,8-11,14H2,1H3,(H,26,31). The Kier molecular flexibility index (Phi) is 7.02. The van der Waals surface area contributed by atoms with Crippen LogP contribution in [0.25, 0.3) is 0 Å². The number of nitrogens with one attached hydrogen (secondary N) is 1. The molecule has 2 aromatic rings. The number of halogens is 2. The number of rotatable bonds is 7. The largest absolute Gasteiger partial charge is 0.383 e. The van der Waals surface area contributed by atoms with Crippen molar-refractivity contribution in [3.63, 3.8) is 0 Å². The number of thiophene rings is 1.